The number of likely N-dealkylation sites (tertiary alicyclic amines) is 1. The Kier molecular flexibility index (Phi) is 7.15. The van der Waals surface area contributed by atoms with Gasteiger partial charge in [0.25, 0.3) is 0 Å². The summed E-state index contributed by atoms with van der Waals surface area (Å²) in [5.74, 6) is -1.67. The van der Waals surface area contributed by atoms with E-state index in [0.717, 1.165) is 11.1 Å². The van der Waals surface area contributed by atoms with Gasteiger partial charge in [-0.3, -0.25) is 14.4 Å². The zero-order valence-corrected chi connectivity index (χ0v) is 22.0. The fourth-order valence-corrected chi connectivity index (χ4v) is 6.33. The Hall–Kier alpha value is -3.43. The molecule has 3 fully saturated rings. The van der Waals surface area contributed by atoms with Gasteiger partial charge in [-0.1, -0.05) is 12.1 Å². The van der Waals surface area contributed by atoms with Gasteiger partial charge in [0.2, 0.25) is 17.7 Å². The second-order valence-corrected chi connectivity index (χ2v) is 10.4. The molecule has 0 saturated carbocycles. The fourth-order valence-electron chi connectivity index (χ4n) is 6.33. The summed E-state index contributed by atoms with van der Waals surface area (Å²) in [5.41, 5.74) is 2.11. The molecule has 3 amide bonds. The molecule has 3 aliphatic heterocycles. The van der Waals surface area contributed by atoms with Gasteiger partial charge in [-0.15, -0.1) is 0 Å². The highest BCUT2D eigenvalue weighted by Crippen LogP contribution is 2.58. The molecule has 38 heavy (non-hydrogen) atoms. The van der Waals surface area contributed by atoms with E-state index in [0.29, 0.717) is 43.0 Å². The number of aryl methyl sites for hydroxylation is 2. The number of hydrogen-bond donors (Lipinski definition) is 3. The number of benzene rings is 2. The number of fused-ring (bicyclic) bond motifs is 1. The third kappa shape index (κ3) is 4.43. The smallest absolute Gasteiger partial charge is 0.250 e. The maximum Gasteiger partial charge on any atom is 0.250 e. The zero-order valence-electron chi connectivity index (χ0n) is 22.0. The van der Waals surface area contributed by atoms with Gasteiger partial charge in [-0.25, -0.2) is 0 Å². The lowest BCUT2D eigenvalue weighted by Crippen LogP contribution is -2.53. The summed E-state index contributed by atoms with van der Waals surface area (Å²) in [6, 6.07) is 12.0. The molecular formula is C29H35N3O6. The number of nitrogens with zero attached hydrogens (tertiary/aromatic N) is 1. The van der Waals surface area contributed by atoms with Crippen molar-refractivity contribution in [2.45, 2.75) is 57.8 Å². The predicted molar refractivity (Wildman–Crippen MR) is 142 cm³/mol. The highest BCUT2D eigenvalue weighted by atomic mass is 16.5. The van der Waals surface area contributed by atoms with Gasteiger partial charge < -0.3 is 30.1 Å². The molecule has 5 rings (SSSR count). The van der Waals surface area contributed by atoms with E-state index < -0.39 is 29.6 Å². The summed E-state index contributed by atoms with van der Waals surface area (Å²) < 4.78 is 11.9. The van der Waals surface area contributed by atoms with Crippen LogP contribution in [0.2, 0.25) is 0 Å². The highest BCUT2D eigenvalue weighted by molar-refractivity contribution is 6.05. The van der Waals surface area contributed by atoms with E-state index in [2.05, 4.69) is 10.6 Å². The zero-order chi connectivity index (χ0) is 27.0. The Labute approximate surface area is 222 Å². The lowest BCUT2D eigenvalue weighted by Gasteiger charge is -2.33. The molecule has 3 N–H and O–H groups in total. The number of hydrogen-bond acceptors (Lipinski definition) is 6. The van der Waals surface area contributed by atoms with E-state index in [1.807, 2.05) is 39.0 Å². The maximum absolute atomic E-state index is 13.8. The van der Waals surface area contributed by atoms with Crippen LogP contribution < -0.4 is 15.4 Å². The minimum Gasteiger partial charge on any atom is -0.494 e. The maximum atomic E-state index is 13.8. The quantitative estimate of drug-likeness (QED) is 0.467. The number of ether oxygens (including phenoxy) is 2. The van der Waals surface area contributed by atoms with Crippen LogP contribution in [-0.4, -0.2) is 65.2 Å². The lowest BCUT2D eigenvalue weighted by molar-refractivity contribution is -0.139. The van der Waals surface area contributed by atoms with Gasteiger partial charge in [0.05, 0.1) is 24.5 Å². The second kappa shape index (κ2) is 10.4. The molecule has 1 spiro atoms. The fraction of sp³-hybridized carbons (Fsp3) is 0.483. The van der Waals surface area contributed by atoms with Crippen LogP contribution in [-0.2, 0) is 19.1 Å². The van der Waals surface area contributed by atoms with Crippen LogP contribution in [0.15, 0.2) is 42.5 Å². The number of carbonyl (C=O) groups excluding carboxylic acids is 3. The van der Waals surface area contributed by atoms with Crippen molar-refractivity contribution < 1.29 is 29.0 Å². The third-order valence-corrected chi connectivity index (χ3v) is 7.99. The number of aliphatic hydroxyl groups is 1. The molecule has 5 atom stereocenters. The van der Waals surface area contributed by atoms with Crippen molar-refractivity contribution in [3.05, 3.63) is 53.6 Å². The largest absolute Gasteiger partial charge is 0.494 e. The van der Waals surface area contributed by atoms with Crippen molar-refractivity contribution in [1.82, 2.24) is 4.90 Å². The molecule has 0 radical (unpaired) electrons. The van der Waals surface area contributed by atoms with E-state index in [1.54, 1.807) is 24.3 Å². The van der Waals surface area contributed by atoms with Crippen molar-refractivity contribution in [1.29, 1.82) is 0 Å². The van der Waals surface area contributed by atoms with Gasteiger partial charge in [-0.2, -0.15) is 0 Å². The molecule has 9 nitrogen and oxygen atoms in total. The molecular weight excluding hydrogens is 486 g/mol. The van der Waals surface area contributed by atoms with E-state index >= 15 is 0 Å². The number of anilines is 2. The van der Waals surface area contributed by atoms with Gasteiger partial charge in [0.1, 0.15) is 17.4 Å². The molecule has 2 aromatic carbocycles. The Bertz CT molecular complexity index is 1230. The van der Waals surface area contributed by atoms with Crippen LogP contribution in [0.25, 0.3) is 0 Å². The Balaban J connectivity index is 1.42. The Morgan fingerprint density at radius 2 is 1.89 bits per heavy atom. The lowest BCUT2D eigenvalue weighted by atomic mass is 9.70. The molecule has 0 aromatic heterocycles. The van der Waals surface area contributed by atoms with Crippen LogP contribution in [0.1, 0.15) is 37.3 Å². The van der Waals surface area contributed by atoms with Crippen LogP contribution in [0.3, 0.4) is 0 Å². The van der Waals surface area contributed by atoms with Crippen LogP contribution >= 0.6 is 0 Å². The first-order chi connectivity index (χ1) is 18.3. The van der Waals surface area contributed by atoms with Crippen molar-refractivity contribution in [3.8, 4) is 5.75 Å². The number of aliphatic hydroxyl groups excluding tert-OH is 1. The molecule has 0 aliphatic carbocycles. The average molecular weight is 522 g/mol. The summed E-state index contributed by atoms with van der Waals surface area (Å²) in [6.07, 6.45) is 0.990. The van der Waals surface area contributed by atoms with Crippen LogP contribution in [0.5, 0.6) is 5.75 Å². The van der Waals surface area contributed by atoms with E-state index in [9.17, 15) is 19.5 Å². The Morgan fingerprint density at radius 1 is 1.13 bits per heavy atom. The third-order valence-electron chi connectivity index (χ3n) is 7.99. The summed E-state index contributed by atoms with van der Waals surface area (Å²) in [7, 11) is 0. The molecule has 2 aromatic rings. The predicted octanol–water partition coefficient (Wildman–Crippen LogP) is 3.04. The number of rotatable bonds is 9. The first-order valence-electron chi connectivity index (χ1n) is 13.3. The first kappa shape index (κ1) is 26.2. The SMILES string of the molecule is CCOc1ccc(NC(=O)[C@@H]2[C@@H]3CCC4(O3)C(C(=O)Nc3cc(C)ccc3C)N(CCCO)C(=O)[C@H]24)cc1. The first-order valence-corrected chi connectivity index (χ1v) is 13.3. The number of amides is 3. The molecule has 3 heterocycles. The summed E-state index contributed by atoms with van der Waals surface area (Å²) in [4.78, 5) is 42.7. The molecule has 3 aliphatic rings. The molecule has 2 bridgehead atoms. The van der Waals surface area contributed by atoms with Gasteiger partial charge >= 0.3 is 0 Å². The van der Waals surface area contributed by atoms with E-state index in [4.69, 9.17) is 9.47 Å². The standard InChI is InChI=1S/C29H35N3O6/c1-4-37-20-10-8-19(9-11-20)30-26(34)23-22-12-13-29(38-22)24(23)28(36)32(14-5-15-33)25(29)27(35)31-21-16-17(2)6-7-18(21)3/h6-11,16,22-25,33H,4-5,12-15H2,1-3H3,(H,30,34)(H,31,35)/t22-,23+,24-,25?,29?/m0/s1. The van der Waals surface area contributed by atoms with Crippen molar-refractivity contribution in [2.75, 3.05) is 30.4 Å². The van der Waals surface area contributed by atoms with Crippen molar-refractivity contribution >= 4 is 29.1 Å². The van der Waals surface area contributed by atoms with E-state index in [-0.39, 0.29) is 30.9 Å². The molecule has 3 saturated heterocycles. The average Bonchev–Trinajstić information content (AvgIpc) is 3.53. The topological polar surface area (TPSA) is 117 Å². The number of carbonyl (C=O) groups is 3. The van der Waals surface area contributed by atoms with Gasteiger partial charge in [0, 0.05) is 24.5 Å². The van der Waals surface area contributed by atoms with Gasteiger partial charge in [-0.05, 0) is 81.5 Å². The summed E-state index contributed by atoms with van der Waals surface area (Å²) in [5, 5.41) is 15.4. The normalized spacial score (nSPS) is 27.4. The van der Waals surface area contributed by atoms with E-state index in [1.165, 1.54) is 4.90 Å². The van der Waals surface area contributed by atoms with Crippen molar-refractivity contribution in [3.63, 3.8) is 0 Å². The summed E-state index contributed by atoms with van der Waals surface area (Å²) >= 11 is 0. The molecule has 202 valence electrons. The van der Waals surface area contributed by atoms with Crippen LogP contribution in [0, 0.1) is 25.7 Å². The second-order valence-electron chi connectivity index (χ2n) is 10.4. The number of nitrogens with one attached hydrogen (secondary N) is 2. The Morgan fingerprint density at radius 3 is 2.61 bits per heavy atom. The van der Waals surface area contributed by atoms with Gasteiger partial charge in [0.15, 0.2) is 0 Å². The molecule has 9 heteroatoms. The minimum atomic E-state index is -1.08. The van der Waals surface area contributed by atoms with Crippen molar-refractivity contribution in [2.24, 2.45) is 11.8 Å². The highest BCUT2D eigenvalue weighted by Gasteiger charge is 2.74. The summed E-state index contributed by atoms with van der Waals surface area (Å²) in [6.45, 7) is 6.41. The minimum absolute atomic E-state index is 0.113. The monoisotopic (exact) mass is 521 g/mol. The van der Waals surface area contributed by atoms with Crippen LogP contribution in [0.4, 0.5) is 11.4 Å². The molecule has 2 unspecified atom stereocenters.